The Morgan fingerprint density at radius 1 is 0.897 bits per heavy atom. The largest absolute Gasteiger partial charge is 0.505 e. The number of amides is 1. The van der Waals surface area contributed by atoms with Crippen LogP contribution in [0.3, 0.4) is 0 Å². The van der Waals surface area contributed by atoms with E-state index in [0.717, 1.165) is 18.9 Å². The maximum Gasteiger partial charge on any atom is 0.273 e. The molecule has 0 heterocycles. The number of nitrogens with zero attached hydrogens (tertiary/aromatic N) is 2. The van der Waals surface area contributed by atoms with E-state index < -0.39 is 11.0 Å². The monoisotopic (exact) mass is 540 g/mol. The lowest BCUT2D eigenvalue weighted by Gasteiger charge is -2.24. The van der Waals surface area contributed by atoms with E-state index in [1.54, 1.807) is 0 Å². The molecule has 2 rings (SSSR count). The summed E-state index contributed by atoms with van der Waals surface area (Å²) >= 11 is 0. The molecule has 1 atom stereocenters. The topological polar surface area (TPSA) is 92.9 Å². The Morgan fingerprint density at radius 3 is 2.03 bits per heavy atom. The van der Waals surface area contributed by atoms with Gasteiger partial charge in [-0.3, -0.25) is 14.9 Å². The van der Waals surface area contributed by atoms with Gasteiger partial charge in [-0.15, -0.1) is 0 Å². The van der Waals surface area contributed by atoms with Gasteiger partial charge in [0.25, 0.3) is 11.6 Å². The van der Waals surface area contributed by atoms with Crippen LogP contribution < -0.4 is 9.64 Å². The molecule has 7 nitrogen and oxygen atoms in total. The van der Waals surface area contributed by atoms with Crippen LogP contribution in [0.15, 0.2) is 42.5 Å². The molecule has 0 spiro atoms. The zero-order valence-electron chi connectivity index (χ0n) is 24.2. The number of hydrogen-bond acceptors (Lipinski definition) is 5. The minimum atomic E-state index is -0.740. The molecule has 0 radical (unpaired) electrons. The van der Waals surface area contributed by atoms with Crippen molar-refractivity contribution in [3.05, 3.63) is 58.1 Å². The number of rotatable bonds is 20. The minimum Gasteiger partial charge on any atom is -0.505 e. The Kier molecular flexibility index (Phi) is 15.0. The second kappa shape index (κ2) is 18.2. The number of carbonyl (C=O) groups excluding carboxylic acids is 1. The van der Waals surface area contributed by atoms with Crippen molar-refractivity contribution in [2.75, 3.05) is 11.9 Å². The highest BCUT2D eigenvalue weighted by molar-refractivity contribution is 5.97. The number of unbranched alkanes of at least 4 members (excludes halogenated alkanes) is 12. The van der Waals surface area contributed by atoms with Crippen molar-refractivity contribution in [3.8, 4) is 11.5 Å². The molecular formula is C32H48N2O5. The Morgan fingerprint density at radius 2 is 1.49 bits per heavy atom. The van der Waals surface area contributed by atoms with Gasteiger partial charge in [0.1, 0.15) is 11.5 Å². The van der Waals surface area contributed by atoms with Gasteiger partial charge in [-0.25, -0.2) is 0 Å². The highest BCUT2D eigenvalue weighted by atomic mass is 16.6. The van der Waals surface area contributed by atoms with Crippen LogP contribution in [0.2, 0.25) is 0 Å². The van der Waals surface area contributed by atoms with Crippen LogP contribution in [0.5, 0.6) is 11.5 Å². The molecule has 0 aliphatic rings. The second-order valence-electron chi connectivity index (χ2n) is 10.5. The summed E-state index contributed by atoms with van der Waals surface area (Å²) in [6.45, 7) is 4.13. The summed E-state index contributed by atoms with van der Waals surface area (Å²) < 4.78 is 6.05. The van der Waals surface area contributed by atoms with Gasteiger partial charge < -0.3 is 14.7 Å². The van der Waals surface area contributed by atoms with Gasteiger partial charge in [-0.1, -0.05) is 103 Å². The maximum atomic E-state index is 13.1. The summed E-state index contributed by atoms with van der Waals surface area (Å²) in [5, 5.41) is 21.2. The molecule has 0 aromatic heterocycles. The van der Waals surface area contributed by atoms with Crippen LogP contribution >= 0.6 is 0 Å². The standard InChI is InChI=1S/C32H48N2O5/c1-4-6-7-8-9-10-11-12-13-14-15-16-17-19-26-20-18-21-28(24-26)39-31(5-2)32(36)33(3)29-23-22-27(34(37)38)25-30(29)35/h18,20-25,31,35H,4-17,19H2,1-3H3. The Bertz CT molecular complexity index is 1010. The Labute approximate surface area is 234 Å². The fraction of sp³-hybridized carbons (Fsp3) is 0.594. The smallest absolute Gasteiger partial charge is 0.273 e. The van der Waals surface area contributed by atoms with Crippen molar-refractivity contribution in [2.45, 2.75) is 116 Å². The first-order chi connectivity index (χ1) is 18.9. The van der Waals surface area contributed by atoms with Crippen molar-refractivity contribution in [1.29, 1.82) is 0 Å². The van der Waals surface area contributed by atoms with E-state index in [1.165, 1.54) is 107 Å². The van der Waals surface area contributed by atoms with E-state index >= 15 is 0 Å². The summed E-state index contributed by atoms with van der Waals surface area (Å²) in [4.78, 5) is 24.7. The number of likely N-dealkylation sites (N-methyl/N-ethyl adjacent to an activating group) is 1. The molecule has 0 bridgehead atoms. The van der Waals surface area contributed by atoms with Gasteiger partial charge >= 0.3 is 0 Å². The summed E-state index contributed by atoms with van der Waals surface area (Å²) in [7, 11) is 1.53. The van der Waals surface area contributed by atoms with Crippen molar-refractivity contribution >= 4 is 17.3 Å². The molecule has 0 saturated carbocycles. The van der Waals surface area contributed by atoms with Crippen LogP contribution in [0.1, 0.15) is 109 Å². The third kappa shape index (κ3) is 11.7. The lowest BCUT2D eigenvalue weighted by molar-refractivity contribution is -0.384. The molecule has 2 aromatic rings. The van der Waals surface area contributed by atoms with E-state index in [0.29, 0.717) is 12.2 Å². The highest BCUT2D eigenvalue weighted by Gasteiger charge is 2.25. The maximum absolute atomic E-state index is 13.1. The quantitative estimate of drug-likeness (QED) is 0.103. The number of nitro benzene ring substituents is 1. The molecule has 0 saturated heterocycles. The van der Waals surface area contributed by atoms with Crippen LogP contribution in [0.4, 0.5) is 11.4 Å². The highest BCUT2D eigenvalue weighted by Crippen LogP contribution is 2.31. The van der Waals surface area contributed by atoms with Crippen LogP contribution in [-0.4, -0.2) is 29.1 Å². The van der Waals surface area contributed by atoms with E-state index in [2.05, 4.69) is 13.0 Å². The predicted molar refractivity (Wildman–Crippen MR) is 159 cm³/mol. The lowest BCUT2D eigenvalue weighted by atomic mass is 10.0. The number of phenolic OH excluding ortho intramolecular Hbond substituents is 1. The second-order valence-corrected chi connectivity index (χ2v) is 10.5. The molecule has 216 valence electrons. The number of aryl methyl sites for hydroxylation is 1. The molecule has 0 fully saturated rings. The summed E-state index contributed by atoms with van der Waals surface area (Å²) in [5.74, 6) is -0.0121. The lowest BCUT2D eigenvalue weighted by Crippen LogP contribution is -2.39. The van der Waals surface area contributed by atoms with Gasteiger partial charge in [0.2, 0.25) is 0 Å². The minimum absolute atomic E-state index is 0.198. The van der Waals surface area contributed by atoms with Gasteiger partial charge in [0, 0.05) is 13.1 Å². The van der Waals surface area contributed by atoms with E-state index in [1.807, 2.05) is 25.1 Å². The average Bonchev–Trinajstić information content (AvgIpc) is 2.93. The van der Waals surface area contributed by atoms with Gasteiger partial charge in [-0.2, -0.15) is 0 Å². The van der Waals surface area contributed by atoms with E-state index in [9.17, 15) is 20.0 Å². The summed E-state index contributed by atoms with van der Waals surface area (Å²) in [6.07, 6.45) is 18.0. The SMILES string of the molecule is CCCCCCCCCCCCCCCc1cccc(OC(CC)C(=O)N(C)c2ccc([N+](=O)[O-])cc2O)c1. The first kappa shape index (κ1) is 32.1. The number of carbonyl (C=O) groups is 1. The molecule has 0 aliphatic carbocycles. The Hall–Kier alpha value is -3.09. The van der Waals surface area contributed by atoms with E-state index in [4.69, 9.17) is 4.74 Å². The molecule has 1 N–H and O–H groups in total. The molecule has 1 unspecified atom stereocenters. The summed E-state index contributed by atoms with van der Waals surface area (Å²) in [6, 6.07) is 11.6. The fourth-order valence-corrected chi connectivity index (χ4v) is 4.84. The molecule has 7 heteroatoms. The van der Waals surface area contributed by atoms with Crippen LogP contribution in [-0.2, 0) is 11.2 Å². The molecule has 39 heavy (non-hydrogen) atoms. The normalized spacial score (nSPS) is 11.8. The van der Waals surface area contributed by atoms with Crippen molar-refractivity contribution in [2.24, 2.45) is 0 Å². The third-order valence-corrected chi connectivity index (χ3v) is 7.25. The number of hydrogen-bond donors (Lipinski definition) is 1. The van der Waals surface area contributed by atoms with Crippen molar-refractivity contribution < 1.29 is 19.6 Å². The first-order valence-corrected chi connectivity index (χ1v) is 14.9. The molecule has 1 amide bonds. The zero-order chi connectivity index (χ0) is 28.5. The molecule has 2 aromatic carbocycles. The van der Waals surface area contributed by atoms with Gasteiger partial charge in [0.15, 0.2) is 6.10 Å². The van der Waals surface area contributed by atoms with Crippen molar-refractivity contribution in [1.82, 2.24) is 0 Å². The number of anilines is 1. The molecular weight excluding hydrogens is 492 g/mol. The van der Waals surface area contributed by atoms with Crippen LogP contribution in [0.25, 0.3) is 0 Å². The van der Waals surface area contributed by atoms with Crippen molar-refractivity contribution in [3.63, 3.8) is 0 Å². The van der Waals surface area contributed by atoms with E-state index in [-0.39, 0.29) is 23.0 Å². The predicted octanol–water partition coefficient (Wildman–Crippen LogP) is 8.75. The number of non-ortho nitro benzene ring substituents is 1. The number of benzene rings is 2. The fourth-order valence-electron chi connectivity index (χ4n) is 4.84. The Balaban J connectivity index is 1.73. The van der Waals surface area contributed by atoms with Gasteiger partial charge in [-0.05, 0) is 43.0 Å². The number of phenols is 1. The zero-order valence-corrected chi connectivity index (χ0v) is 24.2. The molecule has 0 aliphatic heterocycles. The first-order valence-electron chi connectivity index (χ1n) is 14.9. The summed E-state index contributed by atoms with van der Waals surface area (Å²) in [5.41, 5.74) is 1.16. The third-order valence-electron chi connectivity index (χ3n) is 7.25. The van der Waals surface area contributed by atoms with Crippen LogP contribution in [0, 0.1) is 10.1 Å². The number of nitro groups is 1. The number of ether oxygens (including phenoxy) is 1. The average molecular weight is 541 g/mol. The number of aromatic hydroxyl groups is 1. The van der Waals surface area contributed by atoms with Gasteiger partial charge in [0.05, 0.1) is 16.7 Å².